The van der Waals surface area contributed by atoms with Crippen LogP contribution in [0.1, 0.15) is 17.0 Å². The SMILES string of the molecule is Cc1csc2nc(-n3ccnc3C)nc(NCc3cccc([N+](=O)[O-])c3)c12. The molecular formula is C18H16N6O2S. The van der Waals surface area contributed by atoms with Gasteiger partial charge in [-0.3, -0.25) is 14.7 Å². The Labute approximate surface area is 158 Å². The molecule has 0 amide bonds. The van der Waals surface area contributed by atoms with Crippen LogP contribution < -0.4 is 5.32 Å². The van der Waals surface area contributed by atoms with E-state index in [2.05, 4.69) is 20.3 Å². The summed E-state index contributed by atoms with van der Waals surface area (Å²) in [6, 6.07) is 6.57. The topological polar surface area (TPSA) is 98.8 Å². The summed E-state index contributed by atoms with van der Waals surface area (Å²) in [5, 5.41) is 17.3. The summed E-state index contributed by atoms with van der Waals surface area (Å²) in [6.07, 6.45) is 3.53. The van der Waals surface area contributed by atoms with Crippen LogP contribution in [0.5, 0.6) is 0 Å². The van der Waals surface area contributed by atoms with Crippen LogP contribution in [0.15, 0.2) is 42.0 Å². The molecule has 9 heteroatoms. The summed E-state index contributed by atoms with van der Waals surface area (Å²) >= 11 is 1.56. The van der Waals surface area contributed by atoms with Crippen LogP contribution in [0.25, 0.3) is 16.2 Å². The largest absolute Gasteiger partial charge is 0.365 e. The Morgan fingerprint density at radius 3 is 2.89 bits per heavy atom. The molecule has 27 heavy (non-hydrogen) atoms. The van der Waals surface area contributed by atoms with Crippen molar-refractivity contribution >= 4 is 33.1 Å². The van der Waals surface area contributed by atoms with Gasteiger partial charge in [0.15, 0.2) is 0 Å². The maximum Gasteiger partial charge on any atom is 0.269 e. The third-order valence-corrected chi connectivity index (χ3v) is 5.22. The minimum Gasteiger partial charge on any atom is -0.365 e. The summed E-state index contributed by atoms with van der Waals surface area (Å²) in [5.74, 6) is 2.04. The Bertz CT molecular complexity index is 1150. The van der Waals surface area contributed by atoms with Gasteiger partial charge in [0, 0.05) is 31.1 Å². The quantitative estimate of drug-likeness (QED) is 0.415. The molecule has 0 radical (unpaired) electrons. The number of thiophene rings is 1. The van der Waals surface area contributed by atoms with Gasteiger partial charge in [-0.2, -0.15) is 4.98 Å². The van der Waals surface area contributed by atoms with Crippen molar-refractivity contribution in [2.45, 2.75) is 20.4 Å². The van der Waals surface area contributed by atoms with Crippen LogP contribution in [0, 0.1) is 24.0 Å². The second-order valence-corrected chi connectivity index (χ2v) is 6.95. The maximum atomic E-state index is 11.0. The molecule has 0 aliphatic rings. The molecule has 0 atom stereocenters. The highest BCUT2D eigenvalue weighted by Gasteiger charge is 2.14. The van der Waals surface area contributed by atoms with Gasteiger partial charge in [0.05, 0.1) is 10.3 Å². The highest BCUT2D eigenvalue weighted by Crippen LogP contribution is 2.30. The molecule has 0 aliphatic carbocycles. The standard InChI is InChI=1S/C18H16N6O2S/c1-11-10-27-17-15(11)16(21-18(22-17)23-7-6-19-12(23)2)20-9-13-4-3-5-14(8-13)24(25)26/h3-8,10H,9H2,1-2H3,(H,20,21,22). The molecule has 0 spiro atoms. The fourth-order valence-electron chi connectivity index (χ4n) is 2.86. The zero-order valence-corrected chi connectivity index (χ0v) is 15.5. The first-order chi connectivity index (χ1) is 13.0. The van der Waals surface area contributed by atoms with Crippen molar-refractivity contribution in [3.05, 3.63) is 69.1 Å². The molecule has 3 aromatic heterocycles. The minimum atomic E-state index is -0.394. The van der Waals surface area contributed by atoms with Gasteiger partial charge in [0.1, 0.15) is 16.5 Å². The molecule has 0 bridgehead atoms. The van der Waals surface area contributed by atoms with E-state index in [0.717, 1.165) is 27.2 Å². The van der Waals surface area contributed by atoms with Crippen LogP contribution in [0.2, 0.25) is 0 Å². The van der Waals surface area contributed by atoms with Gasteiger partial charge in [-0.1, -0.05) is 12.1 Å². The number of hydrogen-bond donors (Lipinski definition) is 1. The van der Waals surface area contributed by atoms with E-state index < -0.39 is 4.92 Å². The summed E-state index contributed by atoms with van der Waals surface area (Å²) in [5.41, 5.74) is 1.97. The number of nitro benzene ring substituents is 1. The summed E-state index contributed by atoms with van der Waals surface area (Å²) in [4.78, 5) is 25.0. The van der Waals surface area contributed by atoms with E-state index in [1.807, 2.05) is 36.1 Å². The molecule has 3 heterocycles. The Balaban J connectivity index is 1.72. The molecule has 4 aromatic rings. The molecule has 0 fully saturated rings. The number of non-ortho nitro benzene ring substituents is 1. The number of fused-ring (bicyclic) bond motifs is 1. The number of aryl methyl sites for hydroxylation is 2. The summed E-state index contributed by atoms with van der Waals surface area (Å²) in [6.45, 7) is 4.33. The second kappa shape index (κ2) is 6.76. The van der Waals surface area contributed by atoms with E-state index >= 15 is 0 Å². The lowest BCUT2D eigenvalue weighted by atomic mass is 10.2. The van der Waals surface area contributed by atoms with Crippen LogP contribution in [-0.4, -0.2) is 24.4 Å². The van der Waals surface area contributed by atoms with Crippen molar-refractivity contribution in [1.29, 1.82) is 0 Å². The van der Waals surface area contributed by atoms with Crippen LogP contribution in [0.3, 0.4) is 0 Å². The highest BCUT2D eigenvalue weighted by atomic mass is 32.1. The average molecular weight is 380 g/mol. The van der Waals surface area contributed by atoms with Gasteiger partial charge in [0.25, 0.3) is 5.69 Å². The Kier molecular flexibility index (Phi) is 4.28. The third kappa shape index (κ3) is 3.24. The molecular weight excluding hydrogens is 364 g/mol. The maximum absolute atomic E-state index is 11.0. The van der Waals surface area contributed by atoms with Gasteiger partial charge >= 0.3 is 0 Å². The fraction of sp³-hybridized carbons (Fsp3) is 0.167. The Morgan fingerprint density at radius 2 is 2.15 bits per heavy atom. The van der Waals surface area contributed by atoms with Crippen LogP contribution in [-0.2, 0) is 6.54 Å². The molecule has 0 saturated carbocycles. The summed E-state index contributed by atoms with van der Waals surface area (Å²) < 4.78 is 1.83. The number of hydrogen-bond acceptors (Lipinski definition) is 7. The van der Waals surface area contributed by atoms with Crippen molar-refractivity contribution in [3.63, 3.8) is 0 Å². The number of nitrogens with one attached hydrogen (secondary N) is 1. The molecule has 1 aromatic carbocycles. The smallest absolute Gasteiger partial charge is 0.269 e. The molecule has 8 nitrogen and oxygen atoms in total. The predicted octanol–water partition coefficient (Wildman–Crippen LogP) is 4.01. The number of imidazole rings is 1. The van der Waals surface area contributed by atoms with Gasteiger partial charge in [0.2, 0.25) is 5.95 Å². The van der Waals surface area contributed by atoms with E-state index in [1.54, 1.807) is 29.7 Å². The third-order valence-electron chi connectivity index (χ3n) is 4.23. The first-order valence-electron chi connectivity index (χ1n) is 8.26. The summed E-state index contributed by atoms with van der Waals surface area (Å²) in [7, 11) is 0. The molecule has 0 unspecified atom stereocenters. The Hall–Kier alpha value is -3.33. The van der Waals surface area contributed by atoms with Gasteiger partial charge in [-0.25, -0.2) is 9.97 Å². The Morgan fingerprint density at radius 1 is 1.30 bits per heavy atom. The van der Waals surface area contributed by atoms with E-state index in [0.29, 0.717) is 18.3 Å². The van der Waals surface area contributed by atoms with Gasteiger partial charge < -0.3 is 5.32 Å². The minimum absolute atomic E-state index is 0.0728. The molecule has 1 N–H and O–H groups in total. The number of rotatable bonds is 5. The molecule has 0 saturated heterocycles. The van der Waals surface area contributed by atoms with Crippen LogP contribution in [0.4, 0.5) is 11.5 Å². The molecule has 4 rings (SSSR count). The van der Waals surface area contributed by atoms with Crippen molar-refractivity contribution in [2.75, 3.05) is 5.32 Å². The average Bonchev–Trinajstić information content (AvgIpc) is 3.25. The first-order valence-corrected chi connectivity index (χ1v) is 9.14. The van der Waals surface area contributed by atoms with Gasteiger partial charge in [-0.05, 0) is 30.4 Å². The predicted molar refractivity (Wildman–Crippen MR) is 104 cm³/mol. The van der Waals surface area contributed by atoms with E-state index in [-0.39, 0.29) is 5.69 Å². The van der Waals surface area contributed by atoms with Crippen molar-refractivity contribution in [2.24, 2.45) is 0 Å². The lowest BCUT2D eigenvalue weighted by Gasteiger charge is -2.11. The lowest BCUT2D eigenvalue weighted by molar-refractivity contribution is -0.384. The first kappa shape index (κ1) is 17.1. The fourth-order valence-corrected chi connectivity index (χ4v) is 3.78. The second-order valence-electron chi connectivity index (χ2n) is 6.10. The monoisotopic (exact) mass is 380 g/mol. The number of aromatic nitrogens is 4. The van der Waals surface area contributed by atoms with Crippen molar-refractivity contribution in [3.8, 4) is 5.95 Å². The van der Waals surface area contributed by atoms with Crippen molar-refractivity contribution in [1.82, 2.24) is 19.5 Å². The molecule has 0 aliphatic heterocycles. The zero-order valence-electron chi connectivity index (χ0n) is 14.7. The highest BCUT2D eigenvalue weighted by molar-refractivity contribution is 7.17. The van der Waals surface area contributed by atoms with E-state index in [4.69, 9.17) is 0 Å². The van der Waals surface area contributed by atoms with E-state index in [9.17, 15) is 10.1 Å². The molecule has 136 valence electrons. The van der Waals surface area contributed by atoms with E-state index in [1.165, 1.54) is 6.07 Å². The van der Waals surface area contributed by atoms with Crippen LogP contribution >= 0.6 is 11.3 Å². The zero-order chi connectivity index (χ0) is 19.0. The number of benzene rings is 1. The number of anilines is 1. The van der Waals surface area contributed by atoms with Gasteiger partial charge in [-0.15, -0.1) is 11.3 Å². The normalized spacial score (nSPS) is 11.0. The number of nitro groups is 1. The lowest BCUT2D eigenvalue weighted by Crippen LogP contribution is -2.08. The van der Waals surface area contributed by atoms with Crippen molar-refractivity contribution < 1.29 is 4.92 Å². The number of nitrogens with zero attached hydrogens (tertiary/aromatic N) is 5.